The molecule has 0 aromatic heterocycles. The molecule has 102 valence electrons. The van der Waals surface area contributed by atoms with E-state index >= 15 is 0 Å². The Hall–Kier alpha value is -1.49. The van der Waals surface area contributed by atoms with Gasteiger partial charge in [0.15, 0.2) is 11.6 Å². The second kappa shape index (κ2) is 4.56. The number of likely N-dealkylation sites (tertiary alicyclic amines) is 1. The zero-order chi connectivity index (χ0) is 13.6. The highest BCUT2D eigenvalue weighted by Gasteiger charge is 2.46. The van der Waals surface area contributed by atoms with E-state index in [-0.39, 0.29) is 23.8 Å². The number of halogens is 2. The maximum Gasteiger partial charge on any atom is 0.226 e. The molecule has 1 aliphatic carbocycles. The van der Waals surface area contributed by atoms with Gasteiger partial charge in [0.2, 0.25) is 5.91 Å². The molecule has 1 aliphatic heterocycles. The van der Waals surface area contributed by atoms with Crippen LogP contribution in [0.25, 0.3) is 0 Å². The summed E-state index contributed by atoms with van der Waals surface area (Å²) in [5.41, 5.74) is 6.49. The first-order chi connectivity index (χ1) is 9.06. The second-order valence-corrected chi connectivity index (χ2v) is 5.46. The van der Waals surface area contributed by atoms with Crippen LogP contribution < -0.4 is 5.73 Å². The van der Waals surface area contributed by atoms with E-state index in [0.717, 1.165) is 18.9 Å². The molecule has 2 N–H and O–H groups in total. The molecule has 19 heavy (non-hydrogen) atoms. The Kier molecular flexibility index (Phi) is 3.01. The van der Waals surface area contributed by atoms with E-state index in [9.17, 15) is 13.6 Å². The summed E-state index contributed by atoms with van der Waals surface area (Å²) in [6.07, 6.45) is 1.56. The highest BCUT2D eigenvalue weighted by atomic mass is 19.2. The quantitative estimate of drug-likeness (QED) is 0.884. The van der Waals surface area contributed by atoms with Gasteiger partial charge in [0.1, 0.15) is 0 Å². The highest BCUT2D eigenvalue weighted by molar-refractivity contribution is 5.83. The molecular weight excluding hydrogens is 250 g/mol. The third kappa shape index (κ3) is 2.34. The lowest BCUT2D eigenvalue weighted by Crippen LogP contribution is -2.33. The number of hydrogen-bond acceptors (Lipinski definition) is 2. The number of benzene rings is 1. The molecule has 1 saturated carbocycles. The Bertz CT molecular complexity index is 520. The Balaban J connectivity index is 1.67. The van der Waals surface area contributed by atoms with Crippen molar-refractivity contribution in [3.63, 3.8) is 0 Å². The fourth-order valence-electron chi connectivity index (χ4n) is 2.80. The van der Waals surface area contributed by atoms with Crippen molar-refractivity contribution in [2.24, 2.45) is 11.7 Å². The summed E-state index contributed by atoms with van der Waals surface area (Å²) < 4.78 is 26.0. The minimum absolute atomic E-state index is 0.0272. The molecule has 2 aliphatic rings. The molecule has 5 heteroatoms. The monoisotopic (exact) mass is 266 g/mol. The minimum atomic E-state index is -0.849. The van der Waals surface area contributed by atoms with Crippen molar-refractivity contribution in [2.75, 3.05) is 13.1 Å². The molecule has 3 rings (SSSR count). The van der Waals surface area contributed by atoms with Crippen LogP contribution in [-0.2, 0) is 4.79 Å². The maximum absolute atomic E-state index is 13.2. The first-order valence-electron chi connectivity index (χ1n) is 6.55. The van der Waals surface area contributed by atoms with Gasteiger partial charge in [0.05, 0.1) is 0 Å². The van der Waals surface area contributed by atoms with Gasteiger partial charge in [-0.2, -0.15) is 0 Å². The van der Waals surface area contributed by atoms with Crippen LogP contribution in [0.5, 0.6) is 0 Å². The largest absolute Gasteiger partial charge is 0.341 e. The van der Waals surface area contributed by atoms with Crippen molar-refractivity contribution >= 4 is 5.91 Å². The molecule has 0 radical (unpaired) electrons. The topological polar surface area (TPSA) is 46.3 Å². The van der Waals surface area contributed by atoms with Crippen LogP contribution >= 0.6 is 0 Å². The molecule has 1 heterocycles. The molecule has 0 bridgehead atoms. The summed E-state index contributed by atoms with van der Waals surface area (Å²) in [7, 11) is 0. The molecule has 1 aromatic carbocycles. The van der Waals surface area contributed by atoms with E-state index in [1.165, 1.54) is 6.07 Å². The highest BCUT2D eigenvalue weighted by Crippen LogP contribution is 2.48. The van der Waals surface area contributed by atoms with Crippen LogP contribution in [0.4, 0.5) is 8.78 Å². The van der Waals surface area contributed by atoms with Crippen molar-refractivity contribution in [1.82, 2.24) is 4.90 Å². The number of carbonyl (C=O) groups is 1. The van der Waals surface area contributed by atoms with Crippen molar-refractivity contribution in [3.8, 4) is 0 Å². The predicted octanol–water partition coefficient (Wildman–Crippen LogP) is 1.63. The lowest BCUT2D eigenvalue weighted by atomic mass is 10.1. The molecule has 1 saturated heterocycles. The van der Waals surface area contributed by atoms with Gasteiger partial charge in [-0.1, -0.05) is 6.07 Å². The number of rotatable bonds is 2. The van der Waals surface area contributed by atoms with Crippen LogP contribution in [0.2, 0.25) is 0 Å². The Morgan fingerprint density at radius 1 is 1.32 bits per heavy atom. The van der Waals surface area contributed by atoms with Crippen molar-refractivity contribution in [1.29, 1.82) is 0 Å². The molecule has 1 amide bonds. The van der Waals surface area contributed by atoms with E-state index in [1.54, 1.807) is 11.0 Å². The van der Waals surface area contributed by atoms with Crippen LogP contribution in [-0.4, -0.2) is 29.9 Å². The van der Waals surface area contributed by atoms with Crippen molar-refractivity contribution in [3.05, 3.63) is 35.4 Å². The molecule has 3 nitrogen and oxygen atoms in total. The Morgan fingerprint density at radius 3 is 2.74 bits per heavy atom. The number of hydrogen-bond donors (Lipinski definition) is 1. The number of nitrogens with two attached hydrogens (primary N) is 1. The average Bonchev–Trinajstić information content (AvgIpc) is 3.07. The summed E-state index contributed by atoms with van der Waals surface area (Å²) in [4.78, 5) is 14.0. The van der Waals surface area contributed by atoms with Gasteiger partial charge in [-0.15, -0.1) is 0 Å². The van der Waals surface area contributed by atoms with Gasteiger partial charge in [0, 0.05) is 25.0 Å². The van der Waals surface area contributed by atoms with Crippen LogP contribution in [0.1, 0.15) is 24.3 Å². The second-order valence-electron chi connectivity index (χ2n) is 5.46. The van der Waals surface area contributed by atoms with Gasteiger partial charge in [0.25, 0.3) is 0 Å². The molecule has 1 aromatic rings. The van der Waals surface area contributed by atoms with Gasteiger partial charge in [-0.25, -0.2) is 8.78 Å². The predicted molar refractivity (Wildman–Crippen MR) is 66.4 cm³/mol. The molecule has 2 fully saturated rings. The van der Waals surface area contributed by atoms with Gasteiger partial charge < -0.3 is 10.6 Å². The lowest BCUT2D eigenvalue weighted by Gasteiger charge is -2.15. The Morgan fingerprint density at radius 2 is 2.11 bits per heavy atom. The summed E-state index contributed by atoms with van der Waals surface area (Å²) in [5, 5.41) is 0. The molecule has 3 atom stereocenters. The van der Waals surface area contributed by atoms with Crippen LogP contribution in [0, 0.1) is 17.6 Å². The van der Waals surface area contributed by atoms with E-state index in [4.69, 9.17) is 5.73 Å². The summed E-state index contributed by atoms with van der Waals surface area (Å²) in [6, 6.07) is 3.95. The number of nitrogens with zero attached hydrogens (tertiary/aromatic N) is 1. The number of carbonyl (C=O) groups excluding carboxylic acids is 1. The van der Waals surface area contributed by atoms with E-state index < -0.39 is 11.6 Å². The van der Waals surface area contributed by atoms with Gasteiger partial charge >= 0.3 is 0 Å². The van der Waals surface area contributed by atoms with E-state index in [1.807, 2.05) is 0 Å². The van der Waals surface area contributed by atoms with Crippen LogP contribution in [0.15, 0.2) is 18.2 Å². The lowest BCUT2D eigenvalue weighted by molar-refractivity contribution is -0.131. The summed E-state index contributed by atoms with van der Waals surface area (Å²) >= 11 is 0. The number of amides is 1. The minimum Gasteiger partial charge on any atom is -0.341 e. The average molecular weight is 266 g/mol. The maximum atomic E-state index is 13.2. The van der Waals surface area contributed by atoms with Crippen molar-refractivity contribution in [2.45, 2.75) is 24.8 Å². The van der Waals surface area contributed by atoms with E-state index in [2.05, 4.69) is 0 Å². The van der Waals surface area contributed by atoms with Gasteiger partial charge in [-0.3, -0.25) is 4.79 Å². The zero-order valence-corrected chi connectivity index (χ0v) is 10.5. The smallest absolute Gasteiger partial charge is 0.226 e. The van der Waals surface area contributed by atoms with E-state index in [0.29, 0.717) is 18.7 Å². The standard InChI is InChI=1S/C14H16F2N2O/c15-12-2-1-8(5-13(12)16)10-6-11(10)14(19)18-4-3-9(17)7-18/h1-2,5,9-11H,3-4,6-7,17H2/t9-,10-,11-/m1/s1. The molecule has 0 unspecified atom stereocenters. The summed E-state index contributed by atoms with van der Waals surface area (Å²) in [5.74, 6) is -1.66. The first kappa shape index (κ1) is 12.5. The first-order valence-corrected chi connectivity index (χ1v) is 6.55. The van der Waals surface area contributed by atoms with Crippen molar-refractivity contribution < 1.29 is 13.6 Å². The normalized spacial score (nSPS) is 29.6. The molecule has 0 spiro atoms. The van der Waals surface area contributed by atoms with Gasteiger partial charge in [-0.05, 0) is 36.5 Å². The SMILES string of the molecule is N[C@@H]1CCN(C(=O)[C@@H]2C[C@@H]2c2ccc(F)c(F)c2)C1. The fraction of sp³-hybridized carbons (Fsp3) is 0.500. The fourth-order valence-corrected chi connectivity index (χ4v) is 2.80. The zero-order valence-electron chi connectivity index (χ0n) is 10.5. The third-order valence-corrected chi connectivity index (χ3v) is 4.02. The summed E-state index contributed by atoms with van der Waals surface area (Å²) in [6.45, 7) is 1.32. The third-order valence-electron chi connectivity index (χ3n) is 4.02. The molecular formula is C14H16F2N2O. The van der Waals surface area contributed by atoms with Crippen LogP contribution in [0.3, 0.4) is 0 Å². The Labute approximate surface area is 110 Å².